The molecule has 2 aliphatic carbocycles. The van der Waals surface area contributed by atoms with E-state index in [4.69, 9.17) is 28.9 Å². The van der Waals surface area contributed by atoms with Gasteiger partial charge in [-0.3, -0.25) is 4.90 Å². The van der Waals surface area contributed by atoms with Crippen molar-refractivity contribution >= 4 is 11.8 Å². The lowest BCUT2D eigenvalue weighted by Crippen LogP contribution is -2.70. The molecular weight excluding hydrogens is 764 g/mol. The molecule has 1 fully saturated rings. The van der Waals surface area contributed by atoms with Gasteiger partial charge < -0.3 is 34.0 Å². The number of benzene rings is 3. The number of carbonyl (C=O) groups is 1. The summed E-state index contributed by atoms with van der Waals surface area (Å²) in [4.78, 5) is 22.5. The normalized spacial score (nSPS) is 23.8. The zero-order chi connectivity index (χ0) is 42.7. The van der Waals surface area contributed by atoms with Crippen LogP contribution < -0.4 is 9.47 Å². The second-order valence-electron chi connectivity index (χ2n) is 17.1. The number of ether oxygens (including phenoxy) is 4. The first-order valence-electron chi connectivity index (χ1n) is 21.6. The SMILES string of the molecule is C=CCOC12Oc3ccc(OCc4ccccc4F)cc3C3C(CCCCO)C(CCCCO)C=C(C(=NOC(C)(C)C)CC1N(CCC)C(=O)OCc1ccccc1)C32. The molecule has 0 spiro atoms. The first-order valence-corrected chi connectivity index (χ1v) is 21.6. The summed E-state index contributed by atoms with van der Waals surface area (Å²) in [5.41, 5.74) is 3.28. The molecule has 324 valence electrons. The molecule has 6 atom stereocenters. The number of halogens is 1. The molecule has 3 aromatic carbocycles. The van der Waals surface area contributed by atoms with Gasteiger partial charge in [0.1, 0.15) is 42.2 Å². The molecule has 11 heteroatoms. The molecule has 0 aromatic heterocycles. The van der Waals surface area contributed by atoms with E-state index in [0.717, 1.165) is 42.4 Å². The Bertz CT molecular complexity index is 1950. The summed E-state index contributed by atoms with van der Waals surface area (Å²) < 4.78 is 41.5. The number of unbranched alkanes of at least 4 members (excludes halogenated alkanes) is 2. The molecule has 6 rings (SSSR count). The Morgan fingerprint density at radius 3 is 2.43 bits per heavy atom. The van der Waals surface area contributed by atoms with Gasteiger partial charge in [-0.15, -0.1) is 6.58 Å². The van der Waals surface area contributed by atoms with Crippen LogP contribution in [0.4, 0.5) is 9.18 Å². The number of rotatable bonds is 20. The van der Waals surface area contributed by atoms with Crippen LogP contribution in [-0.4, -0.2) is 70.7 Å². The minimum atomic E-state index is -1.42. The third-order valence-electron chi connectivity index (χ3n) is 11.7. The first-order chi connectivity index (χ1) is 29.0. The minimum Gasteiger partial charge on any atom is -0.489 e. The van der Waals surface area contributed by atoms with E-state index in [-0.39, 0.29) is 63.0 Å². The van der Waals surface area contributed by atoms with Crippen molar-refractivity contribution in [2.45, 2.75) is 116 Å². The molecule has 2 N–H and O–H groups in total. The maximum atomic E-state index is 14.7. The molecule has 1 saturated carbocycles. The largest absolute Gasteiger partial charge is 0.489 e. The van der Waals surface area contributed by atoms with Crippen LogP contribution in [0.1, 0.15) is 102 Å². The van der Waals surface area contributed by atoms with Crippen molar-refractivity contribution in [2.24, 2.45) is 22.9 Å². The minimum absolute atomic E-state index is 0.0355. The number of oxime groups is 1. The number of allylic oxidation sites excluding steroid dienone is 1. The Kier molecular flexibility index (Phi) is 15.5. The van der Waals surface area contributed by atoms with Crippen LogP contribution in [0.2, 0.25) is 0 Å². The van der Waals surface area contributed by atoms with Crippen LogP contribution in [0.3, 0.4) is 0 Å². The first kappa shape index (κ1) is 44.8. The summed E-state index contributed by atoms with van der Waals surface area (Å²) in [6, 6.07) is 21.2. The quantitative estimate of drug-likeness (QED) is 0.0657. The van der Waals surface area contributed by atoms with Gasteiger partial charge in [-0.1, -0.05) is 85.6 Å². The van der Waals surface area contributed by atoms with Crippen LogP contribution in [0, 0.1) is 23.6 Å². The molecule has 3 aliphatic rings. The highest BCUT2D eigenvalue weighted by Crippen LogP contribution is 2.62. The van der Waals surface area contributed by atoms with E-state index in [0.29, 0.717) is 48.6 Å². The maximum absolute atomic E-state index is 14.7. The Morgan fingerprint density at radius 2 is 1.73 bits per heavy atom. The second kappa shape index (κ2) is 20.7. The van der Waals surface area contributed by atoms with Crippen molar-refractivity contribution in [2.75, 3.05) is 26.4 Å². The van der Waals surface area contributed by atoms with Crippen LogP contribution in [0.15, 0.2) is 102 Å². The summed E-state index contributed by atoms with van der Waals surface area (Å²) in [7, 11) is 0. The number of amides is 1. The Balaban J connectivity index is 1.55. The molecular formula is C49H63FN2O8. The van der Waals surface area contributed by atoms with Gasteiger partial charge in [-0.05, 0) is 100 Å². The summed E-state index contributed by atoms with van der Waals surface area (Å²) in [6.45, 7) is 12.7. The standard InChI is InChI=1S/C49H63FN2O8/c1-6-25-52(47(55)57-32-34-17-9-8-10-18-34)44-31-42(51-60-48(3,4)5)39-29-35(19-13-15-26-53)38(21-14-16-27-54)45-40-30-37(56-33-36-20-11-12-22-41(36)50)23-24-43(40)59-49(44,46(39)45)58-28-7-2/h7-12,17-18,20,22-24,29-30,35,38,44-46,53-54H,2,6,13-16,19,21,25-28,31-33H2,1,3-5H3. The van der Waals surface area contributed by atoms with Gasteiger partial charge in [0.2, 0.25) is 5.79 Å². The van der Waals surface area contributed by atoms with Crippen LogP contribution in [-0.2, 0) is 27.5 Å². The molecule has 60 heavy (non-hydrogen) atoms. The lowest BCUT2D eigenvalue weighted by Gasteiger charge is -2.60. The predicted octanol–water partition coefficient (Wildman–Crippen LogP) is 9.89. The maximum Gasteiger partial charge on any atom is 0.410 e. The zero-order valence-electron chi connectivity index (χ0n) is 35.7. The van der Waals surface area contributed by atoms with Gasteiger partial charge in [0.15, 0.2) is 0 Å². The van der Waals surface area contributed by atoms with E-state index in [9.17, 15) is 19.4 Å². The highest BCUT2D eigenvalue weighted by molar-refractivity contribution is 6.03. The third kappa shape index (κ3) is 10.4. The number of fused-ring (bicyclic) bond motifs is 2. The number of carbonyl (C=O) groups excluding carboxylic acids is 1. The lowest BCUT2D eigenvalue weighted by molar-refractivity contribution is -0.255. The van der Waals surface area contributed by atoms with Crippen molar-refractivity contribution in [1.82, 2.24) is 4.90 Å². The number of hydrogen-bond donors (Lipinski definition) is 2. The van der Waals surface area contributed by atoms with Crippen molar-refractivity contribution < 1.29 is 43.2 Å². The van der Waals surface area contributed by atoms with Gasteiger partial charge >= 0.3 is 6.09 Å². The third-order valence-corrected chi connectivity index (χ3v) is 11.7. The molecule has 10 nitrogen and oxygen atoms in total. The molecule has 0 radical (unpaired) electrons. The number of aliphatic hydroxyl groups excluding tert-OH is 2. The highest BCUT2D eigenvalue weighted by Gasteiger charge is 2.65. The molecule has 1 heterocycles. The van der Waals surface area contributed by atoms with E-state index in [1.165, 1.54) is 6.07 Å². The highest BCUT2D eigenvalue weighted by atomic mass is 19.1. The average molecular weight is 827 g/mol. The Morgan fingerprint density at radius 1 is 1.00 bits per heavy atom. The van der Waals surface area contributed by atoms with E-state index in [1.807, 2.05) is 76.2 Å². The molecule has 1 amide bonds. The van der Waals surface area contributed by atoms with Gasteiger partial charge in [0.25, 0.3) is 0 Å². The summed E-state index contributed by atoms with van der Waals surface area (Å²) in [6.07, 6.45) is 8.97. The summed E-state index contributed by atoms with van der Waals surface area (Å²) in [5.74, 6) is -1.20. The van der Waals surface area contributed by atoms with Gasteiger partial charge in [-0.2, -0.15) is 0 Å². The fraction of sp³-hybridized carbons (Fsp3) is 0.510. The fourth-order valence-electron chi connectivity index (χ4n) is 9.12. The molecule has 6 unspecified atom stereocenters. The number of hydrogen-bond acceptors (Lipinski definition) is 9. The fourth-order valence-corrected chi connectivity index (χ4v) is 9.12. The molecule has 0 bridgehead atoms. The second-order valence-corrected chi connectivity index (χ2v) is 17.1. The molecule has 0 saturated heterocycles. The van der Waals surface area contributed by atoms with E-state index < -0.39 is 29.4 Å². The number of aliphatic hydroxyl groups is 2. The van der Waals surface area contributed by atoms with E-state index in [2.05, 4.69) is 12.7 Å². The number of nitrogens with zero attached hydrogens (tertiary/aromatic N) is 2. The monoisotopic (exact) mass is 826 g/mol. The van der Waals surface area contributed by atoms with E-state index >= 15 is 0 Å². The van der Waals surface area contributed by atoms with E-state index in [1.54, 1.807) is 29.2 Å². The summed E-state index contributed by atoms with van der Waals surface area (Å²) >= 11 is 0. The van der Waals surface area contributed by atoms with Crippen molar-refractivity contribution in [3.8, 4) is 11.5 Å². The smallest absolute Gasteiger partial charge is 0.410 e. The van der Waals surface area contributed by atoms with Crippen molar-refractivity contribution in [3.05, 3.63) is 120 Å². The van der Waals surface area contributed by atoms with Gasteiger partial charge in [-0.25, -0.2) is 9.18 Å². The predicted molar refractivity (Wildman–Crippen MR) is 230 cm³/mol. The molecule has 1 aliphatic heterocycles. The topological polar surface area (TPSA) is 119 Å². The van der Waals surface area contributed by atoms with Gasteiger partial charge in [0.05, 0.1) is 18.2 Å². The van der Waals surface area contributed by atoms with Crippen LogP contribution in [0.25, 0.3) is 0 Å². The zero-order valence-corrected chi connectivity index (χ0v) is 35.7. The van der Waals surface area contributed by atoms with Crippen molar-refractivity contribution in [3.63, 3.8) is 0 Å². The lowest BCUT2D eigenvalue weighted by atomic mass is 9.55. The Labute approximate surface area is 355 Å². The average Bonchev–Trinajstić information content (AvgIpc) is 3.24. The Hall–Kier alpha value is -4.71. The van der Waals surface area contributed by atoms with Crippen LogP contribution in [0.5, 0.6) is 11.5 Å². The summed E-state index contributed by atoms with van der Waals surface area (Å²) in [5, 5.41) is 24.7. The van der Waals surface area contributed by atoms with Crippen molar-refractivity contribution in [1.29, 1.82) is 0 Å². The van der Waals surface area contributed by atoms with Crippen LogP contribution >= 0.6 is 0 Å². The molecule has 3 aromatic rings. The van der Waals surface area contributed by atoms with Gasteiger partial charge in [0, 0.05) is 43.2 Å².